The number of amides is 3. The third-order valence-corrected chi connectivity index (χ3v) is 7.02. The van der Waals surface area contributed by atoms with Gasteiger partial charge in [-0.15, -0.1) is 0 Å². The lowest BCUT2D eigenvalue weighted by atomic mass is 9.76. The maximum Gasteiger partial charge on any atom is 0.303 e. The highest BCUT2D eigenvalue weighted by Gasteiger charge is 2.70. The molecule has 1 aliphatic carbocycles. The highest BCUT2D eigenvalue weighted by molar-refractivity contribution is 6.15. The van der Waals surface area contributed by atoms with Crippen LogP contribution >= 0.6 is 0 Å². The summed E-state index contributed by atoms with van der Waals surface area (Å²) in [7, 11) is 0. The Balaban J connectivity index is 1.61. The molecule has 3 fully saturated rings. The molecule has 3 aliphatic heterocycles. The van der Waals surface area contributed by atoms with Crippen LogP contribution in [0.2, 0.25) is 0 Å². The number of nitrogens with zero attached hydrogens (tertiary/aromatic N) is 1. The molecule has 3 N–H and O–H groups in total. The Kier molecular flexibility index (Phi) is 4.03. The number of rotatable bonds is 4. The number of para-hydroxylation sites is 1. The van der Waals surface area contributed by atoms with Crippen LogP contribution in [0, 0.1) is 11.8 Å². The van der Waals surface area contributed by atoms with Crippen molar-refractivity contribution in [2.75, 3.05) is 5.32 Å². The highest BCUT2D eigenvalue weighted by Crippen LogP contribution is 2.54. The molecule has 1 saturated carbocycles. The number of imide groups is 1. The zero-order valence-corrected chi connectivity index (χ0v) is 15.9. The van der Waals surface area contributed by atoms with Crippen molar-refractivity contribution < 1.29 is 24.3 Å². The van der Waals surface area contributed by atoms with E-state index in [4.69, 9.17) is 5.11 Å². The minimum Gasteiger partial charge on any atom is -0.481 e. The molecule has 2 saturated heterocycles. The van der Waals surface area contributed by atoms with E-state index in [1.165, 1.54) is 4.90 Å². The molecule has 152 valence electrons. The Labute approximate surface area is 167 Å². The second-order valence-corrected chi connectivity index (χ2v) is 8.48. The number of carboxylic acid groups (broad SMARTS) is 1. The molecule has 1 aromatic rings. The van der Waals surface area contributed by atoms with Gasteiger partial charge in [0.1, 0.15) is 5.54 Å². The Morgan fingerprint density at radius 2 is 1.86 bits per heavy atom. The fraction of sp³-hybridized carbons (Fsp3) is 0.524. The molecule has 3 amide bonds. The number of carbonyl (C=O) groups excluding carboxylic acids is 3. The largest absolute Gasteiger partial charge is 0.481 e. The second kappa shape index (κ2) is 6.38. The van der Waals surface area contributed by atoms with E-state index in [2.05, 4.69) is 10.6 Å². The number of anilines is 1. The fourth-order valence-corrected chi connectivity index (χ4v) is 5.83. The van der Waals surface area contributed by atoms with E-state index in [-0.39, 0.29) is 36.6 Å². The van der Waals surface area contributed by atoms with E-state index >= 15 is 0 Å². The van der Waals surface area contributed by atoms with Crippen LogP contribution in [0.3, 0.4) is 0 Å². The molecule has 0 bridgehead atoms. The van der Waals surface area contributed by atoms with Gasteiger partial charge in [0.05, 0.1) is 11.8 Å². The van der Waals surface area contributed by atoms with Gasteiger partial charge in [-0.2, -0.15) is 0 Å². The Hall–Kier alpha value is -2.74. The van der Waals surface area contributed by atoms with Crippen molar-refractivity contribution in [3.8, 4) is 0 Å². The van der Waals surface area contributed by atoms with Gasteiger partial charge in [-0.25, -0.2) is 0 Å². The normalized spacial score (nSPS) is 33.4. The number of carboxylic acids is 1. The van der Waals surface area contributed by atoms with E-state index in [0.717, 1.165) is 25.7 Å². The maximum atomic E-state index is 13.6. The van der Waals surface area contributed by atoms with E-state index < -0.39 is 29.4 Å². The highest BCUT2D eigenvalue weighted by atomic mass is 16.4. The molecule has 29 heavy (non-hydrogen) atoms. The standard InChI is InChI=1S/C21H23N3O5/c25-15(26)10-9-14-16-17(19(28)24(18(16)27)11-5-1-2-6-11)21(23-14)12-7-3-4-8-13(12)22-20(21)29/h3-4,7-8,11,14,16-17,23H,1-2,5-6,9-10H2,(H,22,29)(H,25,26)/t14?,16-,17+,21?/m1/s1. The monoisotopic (exact) mass is 397 g/mol. The third-order valence-electron chi connectivity index (χ3n) is 7.02. The molecule has 1 spiro atoms. The van der Waals surface area contributed by atoms with Crippen LogP contribution in [0.5, 0.6) is 0 Å². The van der Waals surface area contributed by atoms with Crippen LogP contribution in [-0.2, 0) is 24.7 Å². The van der Waals surface area contributed by atoms with Crippen molar-refractivity contribution in [3.63, 3.8) is 0 Å². The van der Waals surface area contributed by atoms with Crippen LogP contribution in [0.4, 0.5) is 5.69 Å². The van der Waals surface area contributed by atoms with Gasteiger partial charge in [-0.3, -0.25) is 29.4 Å². The lowest BCUT2D eigenvalue weighted by Crippen LogP contribution is -2.54. The summed E-state index contributed by atoms with van der Waals surface area (Å²) in [4.78, 5) is 52.7. The molecule has 5 rings (SSSR count). The quantitative estimate of drug-likeness (QED) is 0.658. The number of fused-ring (bicyclic) bond motifs is 4. The second-order valence-electron chi connectivity index (χ2n) is 8.48. The molecule has 0 radical (unpaired) electrons. The van der Waals surface area contributed by atoms with E-state index in [1.54, 1.807) is 24.3 Å². The first kappa shape index (κ1) is 18.3. The SMILES string of the molecule is O=C(O)CCC1NC2(C(=O)Nc3ccccc32)[C@@H]2C(=O)N(C3CCCC3)C(=O)[C@H]12. The summed E-state index contributed by atoms with van der Waals surface area (Å²) in [5.74, 6) is -3.45. The van der Waals surface area contributed by atoms with Gasteiger partial charge >= 0.3 is 5.97 Å². The van der Waals surface area contributed by atoms with Crippen molar-refractivity contribution in [3.05, 3.63) is 29.8 Å². The van der Waals surface area contributed by atoms with Crippen molar-refractivity contribution in [2.45, 2.75) is 56.1 Å². The Morgan fingerprint density at radius 3 is 2.59 bits per heavy atom. The molecule has 2 unspecified atom stereocenters. The predicted octanol–water partition coefficient (Wildman–Crippen LogP) is 1.21. The number of hydrogen-bond acceptors (Lipinski definition) is 5. The Morgan fingerprint density at radius 1 is 1.14 bits per heavy atom. The molecular formula is C21H23N3O5. The van der Waals surface area contributed by atoms with Gasteiger partial charge in [0.15, 0.2) is 0 Å². The summed E-state index contributed by atoms with van der Waals surface area (Å²) < 4.78 is 0. The first-order valence-electron chi connectivity index (χ1n) is 10.2. The lowest BCUT2D eigenvalue weighted by molar-refractivity contribution is -0.145. The average molecular weight is 397 g/mol. The predicted molar refractivity (Wildman–Crippen MR) is 102 cm³/mol. The first-order valence-corrected chi connectivity index (χ1v) is 10.2. The van der Waals surface area contributed by atoms with Crippen LogP contribution in [0.25, 0.3) is 0 Å². The number of hydrogen-bond donors (Lipinski definition) is 3. The Bertz CT molecular complexity index is 925. The topological polar surface area (TPSA) is 116 Å². The first-order chi connectivity index (χ1) is 13.9. The zero-order chi connectivity index (χ0) is 20.3. The van der Waals surface area contributed by atoms with Crippen LogP contribution in [0.15, 0.2) is 24.3 Å². The summed E-state index contributed by atoms with van der Waals surface area (Å²) in [6, 6.07) is 6.52. The minimum absolute atomic E-state index is 0.113. The van der Waals surface area contributed by atoms with Gasteiger partial charge in [-0.05, 0) is 25.3 Å². The summed E-state index contributed by atoms with van der Waals surface area (Å²) >= 11 is 0. The van der Waals surface area contributed by atoms with Crippen molar-refractivity contribution in [1.82, 2.24) is 10.2 Å². The van der Waals surface area contributed by atoms with Crippen molar-refractivity contribution >= 4 is 29.4 Å². The molecular weight excluding hydrogens is 374 g/mol. The van der Waals surface area contributed by atoms with Gasteiger partial charge in [0.25, 0.3) is 0 Å². The summed E-state index contributed by atoms with van der Waals surface area (Å²) in [6.07, 6.45) is 3.59. The molecule has 8 nitrogen and oxygen atoms in total. The number of aliphatic carboxylic acids is 1. The van der Waals surface area contributed by atoms with Crippen molar-refractivity contribution in [2.24, 2.45) is 11.8 Å². The number of carbonyl (C=O) groups is 4. The van der Waals surface area contributed by atoms with Crippen LogP contribution in [0.1, 0.15) is 44.1 Å². The summed E-state index contributed by atoms with van der Waals surface area (Å²) in [6.45, 7) is 0. The zero-order valence-electron chi connectivity index (χ0n) is 15.9. The molecule has 1 aromatic carbocycles. The lowest BCUT2D eigenvalue weighted by Gasteiger charge is -2.31. The number of likely N-dealkylation sites (tertiary alicyclic amines) is 1. The van der Waals surface area contributed by atoms with Crippen LogP contribution < -0.4 is 10.6 Å². The van der Waals surface area contributed by atoms with E-state index in [9.17, 15) is 19.2 Å². The van der Waals surface area contributed by atoms with Gasteiger partial charge < -0.3 is 10.4 Å². The van der Waals surface area contributed by atoms with Crippen LogP contribution in [-0.4, -0.2) is 45.8 Å². The molecule has 4 aliphatic rings. The van der Waals surface area contributed by atoms with E-state index in [0.29, 0.717) is 11.3 Å². The molecule has 3 heterocycles. The summed E-state index contributed by atoms with van der Waals surface area (Å²) in [5, 5.41) is 15.3. The third kappa shape index (κ3) is 2.41. The van der Waals surface area contributed by atoms with Gasteiger partial charge in [0, 0.05) is 29.8 Å². The number of benzene rings is 1. The summed E-state index contributed by atoms with van der Waals surface area (Å²) in [5.41, 5.74) is -0.0423. The minimum atomic E-state index is -1.33. The van der Waals surface area contributed by atoms with E-state index in [1.807, 2.05) is 0 Å². The fourth-order valence-electron chi connectivity index (χ4n) is 5.83. The van der Waals surface area contributed by atoms with Crippen molar-refractivity contribution in [1.29, 1.82) is 0 Å². The van der Waals surface area contributed by atoms with Gasteiger partial charge in [0.2, 0.25) is 17.7 Å². The molecule has 4 atom stereocenters. The number of nitrogens with one attached hydrogen (secondary N) is 2. The maximum absolute atomic E-state index is 13.6. The average Bonchev–Trinajstić information content (AvgIpc) is 3.42. The van der Waals surface area contributed by atoms with Gasteiger partial charge in [-0.1, -0.05) is 31.0 Å². The molecule has 8 heteroatoms. The smallest absolute Gasteiger partial charge is 0.303 e. The molecule has 0 aromatic heterocycles.